The summed E-state index contributed by atoms with van der Waals surface area (Å²) in [5.74, 6) is 2.27. The third-order valence-electron chi connectivity index (χ3n) is 5.45. The molecule has 0 bridgehead atoms. The van der Waals surface area contributed by atoms with Crippen molar-refractivity contribution in [2.75, 3.05) is 39.3 Å². The first-order valence-corrected chi connectivity index (χ1v) is 9.21. The van der Waals surface area contributed by atoms with Gasteiger partial charge in [0.05, 0.1) is 12.1 Å². The number of hydrogen-bond donors (Lipinski definition) is 0. The van der Waals surface area contributed by atoms with E-state index in [-0.39, 0.29) is 6.04 Å². The van der Waals surface area contributed by atoms with Crippen molar-refractivity contribution in [2.24, 2.45) is 0 Å². The van der Waals surface area contributed by atoms with Crippen LogP contribution in [0, 0.1) is 0 Å². The molecule has 6 heteroatoms. The van der Waals surface area contributed by atoms with E-state index in [0.29, 0.717) is 12.0 Å². The normalized spacial score (nSPS) is 28.8. The number of ether oxygens (including phenoxy) is 1. The highest BCUT2D eigenvalue weighted by Gasteiger charge is 2.31. The maximum atomic E-state index is 5.87. The topological polar surface area (TPSA) is 54.6 Å². The molecule has 1 aliphatic carbocycles. The van der Waals surface area contributed by atoms with E-state index in [1.807, 2.05) is 0 Å². The monoisotopic (exact) mass is 320 g/mol. The Balaban J connectivity index is 1.26. The lowest BCUT2D eigenvalue weighted by molar-refractivity contribution is -0.0175. The highest BCUT2D eigenvalue weighted by atomic mass is 16.5. The van der Waals surface area contributed by atoms with E-state index in [2.05, 4.69) is 26.9 Å². The molecule has 1 saturated carbocycles. The first kappa shape index (κ1) is 15.5. The van der Waals surface area contributed by atoms with Gasteiger partial charge in [0.15, 0.2) is 5.82 Å². The van der Waals surface area contributed by atoms with Crippen LogP contribution in [0.1, 0.15) is 62.7 Å². The van der Waals surface area contributed by atoms with E-state index in [1.54, 1.807) is 0 Å². The summed E-state index contributed by atoms with van der Waals surface area (Å²) >= 11 is 0. The standard InChI is InChI=1S/C17H28N4O2/c1-13(17-18-16(19-23-17)14-5-6-14)21-9-7-20(8-10-21)12-15-4-2-3-11-22-15/h13-15H,2-12H2,1H3/t13-,15-/m0/s1. The molecule has 128 valence electrons. The maximum absolute atomic E-state index is 5.87. The zero-order valence-corrected chi connectivity index (χ0v) is 14.1. The van der Waals surface area contributed by atoms with Crippen molar-refractivity contribution < 1.29 is 9.26 Å². The van der Waals surface area contributed by atoms with Crippen LogP contribution in [0.3, 0.4) is 0 Å². The molecule has 3 fully saturated rings. The molecule has 0 radical (unpaired) electrons. The van der Waals surface area contributed by atoms with Gasteiger partial charge in [-0.3, -0.25) is 9.80 Å². The highest BCUT2D eigenvalue weighted by molar-refractivity contribution is 5.04. The van der Waals surface area contributed by atoms with Gasteiger partial charge in [0.25, 0.3) is 0 Å². The zero-order valence-electron chi connectivity index (χ0n) is 14.1. The molecule has 0 spiro atoms. The molecule has 0 unspecified atom stereocenters. The van der Waals surface area contributed by atoms with E-state index in [0.717, 1.165) is 51.0 Å². The maximum Gasteiger partial charge on any atom is 0.243 e. The smallest absolute Gasteiger partial charge is 0.243 e. The average molecular weight is 320 g/mol. The Kier molecular flexibility index (Phi) is 4.64. The second kappa shape index (κ2) is 6.87. The summed E-state index contributed by atoms with van der Waals surface area (Å²) in [5.41, 5.74) is 0. The predicted octanol–water partition coefficient (Wildman–Crippen LogP) is 2.19. The number of piperazine rings is 1. The first-order valence-electron chi connectivity index (χ1n) is 9.21. The molecule has 1 aromatic rings. The summed E-state index contributed by atoms with van der Waals surface area (Å²) in [4.78, 5) is 9.61. The lowest BCUT2D eigenvalue weighted by Gasteiger charge is -2.38. The van der Waals surface area contributed by atoms with Crippen LogP contribution in [0.2, 0.25) is 0 Å². The third-order valence-corrected chi connectivity index (χ3v) is 5.45. The fourth-order valence-corrected chi connectivity index (χ4v) is 3.65. The van der Waals surface area contributed by atoms with Gasteiger partial charge in [-0.05, 0) is 39.0 Å². The minimum atomic E-state index is 0.225. The third kappa shape index (κ3) is 3.75. The van der Waals surface area contributed by atoms with Gasteiger partial charge in [-0.25, -0.2) is 0 Å². The summed E-state index contributed by atoms with van der Waals surface area (Å²) < 4.78 is 11.4. The molecule has 0 N–H and O–H groups in total. The summed E-state index contributed by atoms with van der Waals surface area (Å²) in [5, 5.41) is 4.15. The van der Waals surface area contributed by atoms with Gasteiger partial charge in [-0.2, -0.15) is 4.98 Å². The van der Waals surface area contributed by atoms with Gasteiger partial charge in [-0.1, -0.05) is 5.16 Å². The van der Waals surface area contributed by atoms with Crippen molar-refractivity contribution in [2.45, 2.75) is 57.1 Å². The number of nitrogens with zero attached hydrogens (tertiary/aromatic N) is 4. The molecule has 0 amide bonds. The number of hydrogen-bond acceptors (Lipinski definition) is 6. The quantitative estimate of drug-likeness (QED) is 0.829. The van der Waals surface area contributed by atoms with Crippen LogP contribution in [-0.4, -0.2) is 65.4 Å². The molecule has 23 heavy (non-hydrogen) atoms. The van der Waals surface area contributed by atoms with E-state index in [4.69, 9.17) is 9.26 Å². The van der Waals surface area contributed by atoms with Gasteiger partial charge in [0, 0.05) is 45.2 Å². The lowest BCUT2D eigenvalue weighted by atomic mass is 10.1. The van der Waals surface area contributed by atoms with Crippen molar-refractivity contribution in [3.8, 4) is 0 Å². The minimum Gasteiger partial charge on any atom is -0.377 e. The van der Waals surface area contributed by atoms with Crippen LogP contribution >= 0.6 is 0 Å². The van der Waals surface area contributed by atoms with Crippen LogP contribution < -0.4 is 0 Å². The Bertz CT molecular complexity index is 502. The molecule has 6 nitrogen and oxygen atoms in total. The lowest BCUT2D eigenvalue weighted by Crippen LogP contribution is -2.49. The van der Waals surface area contributed by atoms with E-state index in [9.17, 15) is 0 Å². The Morgan fingerprint density at radius 2 is 1.96 bits per heavy atom. The van der Waals surface area contributed by atoms with Crippen LogP contribution in [0.5, 0.6) is 0 Å². The van der Waals surface area contributed by atoms with E-state index < -0.39 is 0 Å². The van der Waals surface area contributed by atoms with Crippen LogP contribution in [0.15, 0.2) is 4.52 Å². The summed E-state index contributed by atoms with van der Waals surface area (Å²) in [6.07, 6.45) is 6.66. The molecule has 3 heterocycles. The molecule has 0 aromatic carbocycles. The molecule has 2 aliphatic heterocycles. The van der Waals surface area contributed by atoms with Gasteiger partial charge >= 0.3 is 0 Å². The first-order chi connectivity index (χ1) is 11.3. The SMILES string of the molecule is C[C@@H](c1nc(C2CC2)no1)N1CCN(C[C@@H]2CCCCO2)CC1. The second-order valence-electron chi connectivity index (χ2n) is 7.27. The summed E-state index contributed by atoms with van der Waals surface area (Å²) in [7, 11) is 0. The summed E-state index contributed by atoms with van der Waals surface area (Å²) in [6, 6.07) is 0.225. The van der Waals surface area contributed by atoms with Crippen molar-refractivity contribution >= 4 is 0 Å². The van der Waals surface area contributed by atoms with Crippen LogP contribution in [0.25, 0.3) is 0 Å². The molecule has 4 rings (SSSR count). The molecular formula is C17H28N4O2. The highest BCUT2D eigenvalue weighted by Crippen LogP contribution is 2.38. The molecule has 3 aliphatic rings. The zero-order chi connectivity index (χ0) is 15.6. The van der Waals surface area contributed by atoms with Crippen molar-refractivity contribution in [3.05, 3.63) is 11.7 Å². The Hall–Kier alpha value is -0.980. The van der Waals surface area contributed by atoms with E-state index in [1.165, 1.54) is 32.1 Å². The average Bonchev–Trinajstić information content (AvgIpc) is 3.33. The van der Waals surface area contributed by atoms with Crippen molar-refractivity contribution in [3.63, 3.8) is 0 Å². The number of rotatable bonds is 5. The Labute approximate surface area is 138 Å². The van der Waals surface area contributed by atoms with Crippen molar-refractivity contribution in [1.29, 1.82) is 0 Å². The molecule has 1 aromatic heterocycles. The van der Waals surface area contributed by atoms with Crippen LogP contribution in [0.4, 0.5) is 0 Å². The number of aromatic nitrogens is 2. The molecule has 2 atom stereocenters. The Morgan fingerprint density at radius 1 is 1.13 bits per heavy atom. The van der Waals surface area contributed by atoms with E-state index >= 15 is 0 Å². The molecule has 2 saturated heterocycles. The van der Waals surface area contributed by atoms with Gasteiger partial charge in [-0.15, -0.1) is 0 Å². The van der Waals surface area contributed by atoms with Gasteiger partial charge in [0.2, 0.25) is 5.89 Å². The van der Waals surface area contributed by atoms with Crippen LogP contribution in [-0.2, 0) is 4.74 Å². The largest absolute Gasteiger partial charge is 0.377 e. The van der Waals surface area contributed by atoms with Gasteiger partial charge in [0.1, 0.15) is 0 Å². The summed E-state index contributed by atoms with van der Waals surface area (Å²) in [6.45, 7) is 8.56. The van der Waals surface area contributed by atoms with Crippen molar-refractivity contribution in [1.82, 2.24) is 19.9 Å². The Morgan fingerprint density at radius 3 is 2.65 bits per heavy atom. The fraction of sp³-hybridized carbons (Fsp3) is 0.882. The minimum absolute atomic E-state index is 0.225. The second-order valence-corrected chi connectivity index (χ2v) is 7.27. The fourth-order valence-electron chi connectivity index (χ4n) is 3.65. The van der Waals surface area contributed by atoms with Gasteiger partial charge < -0.3 is 9.26 Å². The molecular weight excluding hydrogens is 292 g/mol. The predicted molar refractivity (Wildman–Crippen MR) is 86.3 cm³/mol.